The molecule has 0 unspecified atom stereocenters. The zero-order valence-electron chi connectivity index (χ0n) is 23.8. The highest BCUT2D eigenvalue weighted by Crippen LogP contribution is 2.35. The van der Waals surface area contributed by atoms with Gasteiger partial charge in [0, 0.05) is 50.1 Å². The Kier molecular flexibility index (Phi) is 8.64. The van der Waals surface area contributed by atoms with E-state index in [-0.39, 0.29) is 35.5 Å². The number of nitrogens with zero attached hydrogens (tertiary/aromatic N) is 3. The molecule has 2 amide bonds. The lowest BCUT2D eigenvalue weighted by Gasteiger charge is -2.35. The van der Waals surface area contributed by atoms with Crippen LogP contribution < -0.4 is 5.32 Å². The van der Waals surface area contributed by atoms with Crippen LogP contribution in [0, 0.1) is 11.8 Å². The normalized spacial score (nSPS) is 19.5. The number of ether oxygens (including phenoxy) is 1. The molecule has 212 valence electrons. The molecule has 8 heteroatoms. The molecule has 0 bridgehead atoms. The van der Waals surface area contributed by atoms with Gasteiger partial charge in [-0.05, 0) is 68.2 Å². The molecule has 0 radical (unpaired) electrons. The Labute approximate surface area is 236 Å². The Morgan fingerprint density at radius 2 is 1.85 bits per heavy atom. The van der Waals surface area contributed by atoms with Crippen LogP contribution in [0.15, 0.2) is 48.8 Å². The molecule has 0 spiro atoms. The first kappa shape index (κ1) is 28.0. The fraction of sp³-hybridized carbons (Fsp3) is 0.500. The van der Waals surface area contributed by atoms with E-state index in [2.05, 4.69) is 11.4 Å². The van der Waals surface area contributed by atoms with E-state index in [0.29, 0.717) is 26.2 Å². The predicted molar refractivity (Wildman–Crippen MR) is 154 cm³/mol. The lowest BCUT2D eigenvalue weighted by atomic mass is 9.90. The van der Waals surface area contributed by atoms with Crippen LogP contribution in [0.4, 0.5) is 0 Å². The van der Waals surface area contributed by atoms with Gasteiger partial charge >= 0.3 is 0 Å². The number of ketones is 1. The summed E-state index contributed by atoms with van der Waals surface area (Å²) in [4.78, 5) is 45.5. The summed E-state index contributed by atoms with van der Waals surface area (Å²) in [5.41, 5.74) is 4.72. The van der Waals surface area contributed by atoms with E-state index in [0.717, 1.165) is 60.1 Å². The molecule has 4 heterocycles. The van der Waals surface area contributed by atoms with Gasteiger partial charge < -0.3 is 19.4 Å². The minimum atomic E-state index is -0.549. The summed E-state index contributed by atoms with van der Waals surface area (Å²) in [6.45, 7) is 7.38. The number of carbonyl (C=O) groups excluding carboxylic acids is 3. The highest BCUT2D eigenvalue weighted by atomic mass is 16.5. The number of aromatic nitrogens is 2. The number of imidazole rings is 1. The van der Waals surface area contributed by atoms with Crippen LogP contribution >= 0.6 is 0 Å². The van der Waals surface area contributed by atoms with Gasteiger partial charge in [-0.2, -0.15) is 0 Å². The van der Waals surface area contributed by atoms with E-state index in [1.54, 1.807) is 6.92 Å². The smallest absolute Gasteiger partial charge is 0.246 e. The minimum absolute atomic E-state index is 0.00982. The molecule has 0 saturated carbocycles. The van der Waals surface area contributed by atoms with Gasteiger partial charge in [-0.3, -0.25) is 14.4 Å². The molecule has 3 atom stereocenters. The first-order valence-corrected chi connectivity index (χ1v) is 14.6. The summed E-state index contributed by atoms with van der Waals surface area (Å²) in [6, 6.07) is 11.4. The van der Waals surface area contributed by atoms with Crippen LogP contribution in [0.5, 0.6) is 0 Å². The molecule has 2 aliphatic heterocycles. The van der Waals surface area contributed by atoms with Crippen molar-refractivity contribution in [2.75, 3.05) is 19.8 Å². The summed E-state index contributed by atoms with van der Waals surface area (Å²) in [6.07, 6.45) is 8.43. The molecule has 2 fully saturated rings. The van der Waals surface area contributed by atoms with Gasteiger partial charge in [0.05, 0.1) is 11.7 Å². The van der Waals surface area contributed by atoms with E-state index in [1.807, 2.05) is 65.9 Å². The maximum absolute atomic E-state index is 14.1. The van der Waals surface area contributed by atoms with E-state index in [4.69, 9.17) is 9.72 Å². The van der Waals surface area contributed by atoms with Gasteiger partial charge in [0.25, 0.3) is 0 Å². The number of hydrogen-bond acceptors (Lipinski definition) is 5. The second-order valence-electron chi connectivity index (χ2n) is 11.3. The zero-order chi connectivity index (χ0) is 28.2. The number of likely N-dealkylation sites (tertiary alicyclic amines) is 1. The van der Waals surface area contributed by atoms with Crippen molar-refractivity contribution in [3.63, 3.8) is 0 Å². The Hall–Kier alpha value is -3.52. The molecule has 3 aromatic rings. The quantitative estimate of drug-likeness (QED) is 0.420. The number of benzene rings is 1. The summed E-state index contributed by atoms with van der Waals surface area (Å²) in [7, 11) is 0. The first-order valence-electron chi connectivity index (χ1n) is 14.6. The minimum Gasteiger partial charge on any atom is -0.381 e. The van der Waals surface area contributed by atoms with Crippen molar-refractivity contribution in [1.29, 1.82) is 0 Å². The third-order valence-corrected chi connectivity index (χ3v) is 8.46. The summed E-state index contributed by atoms with van der Waals surface area (Å²) >= 11 is 0. The van der Waals surface area contributed by atoms with Gasteiger partial charge in [0.2, 0.25) is 11.8 Å². The molecular weight excluding hydrogens is 504 g/mol. The van der Waals surface area contributed by atoms with Crippen LogP contribution in [-0.4, -0.2) is 57.7 Å². The van der Waals surface area contributed by atoms with Crippen molar-refractivity contribution in [2.24, 2.45) is 11.8 Å². The maximum atomic E-state index is 14.1. The van der Waals surface area contributed by atoms with Crippen molar-refractivity contribution >= 4 is 23.2 Å². The van der Waals surface area contributed by atoms with Gasteiger partial charge in [-0.1, -0.05) is 38.1 Å². The summed E-state index contributed by atoms with van der Waals surface area (Å²) in [5, 5.41) is 3.13. The monoisotopic (exact) mass is 544 g/mol. The molecule has 1 aromatic carbocycles. The van der Waals surface area contributed by atoms with Crippen LogP contribution in [0.3, 0.4) is 0 Å². The van der Waals surface area contributed by atoms with Crippen LogP contribution in [0.1, 0.15) is 70.2 Å². The van der Waals surface area contributed by atoms with E-state index in [1.165, 1.54) is 0 Å². The second kappa shape index (κ2) is 12.3. The number of nitrogens with one attached hydrogen (secondary N) is 1. The molecular formula is C32H40N4O4. The van der Waals surface area contributed by atoms with Gasteiger partial charge in [0.1, 0.15) is 17.5 Å². The largest absolute Gasteiger partial charge is 0.381 e. The second-order valence-corrected chi connectivity index (χ2v) is 11.3. The molecule has 2 aromatic heterocycles. The molecule has 8 nitrogen and oxygen atoms in total. The van der Waals surface area contributed by atoms with E-state index in [9.17, 15) is 14.4 Å². The predicted octanol–water partition coefficient (Wildman–Crippen LogP) is 4.75. The zero-order valence-corrected chi connectivity index (χ0v) is 23.8. The number of Topliss-reactive ketones (excluding diaryl/α,β-unsaturated/α-hetero) is 1. The standard InChI is InChI=1S/C32H40N4O4/c1-4-21(2)31(38)34-29(25-13-17-40-18-14-25)32(39)36-16-6-8-28(36)27-20-35-15-5-7-26(30(35)33-27)24-11-9-23(10-12-24)19-22(3)37/h5,7,9-12,15,20-21,25,28-29H,4,6,8,13-14,16-19H2,1-3H3,(H,34,38)/t21-,28+,29+/m1/s1. The average molecular weight is 545 g/mol. The number of fused-ring (bicyclic) bond motifs is 1. The molecule has 40 heavy (non-hydrogen) atoms. The topological polar surface area (TPSA) is 93.0 Å². The van der Waals surface area contributed by atoms with Crippen molar-refractivity contribution < 1.29 is 19.1 Å². The molecule has 5 rings (SSSR count). The lowest BCUT2D eigenvalue weighted by molar-refractivity contribution is -0.140. The third kappa shape index (κ3) is 5.97. The number of carbonyl (C=O) groups is 3. The van der Waals surface area contributed by atoms with Crippen molar-refractivity contribution in [1.82, 2.24) is 19.6 Å². The van der Waals surface area contributed by atoms with Crippen molar-refractivity contribution in [2.45, 2.75) is 71.4 Å². The number of pyridine rings is 1. The van der Waals surface area contributed by atoms with Crippen LogP contribution in [0.25, 0.3) is 16.8 Å². The Morgan fingerprint density at radius 3 is 2.55 bits per heavy atom. The number of amides is 2. The van der Waals surface area contributed by atoms with Gasteiger partial charge in [0.15, 0.2) is 0 Å². The van der Waals surface area contributed by atoms with Crippen molar-refractivity contribution in [3.8, 4) is 11.1 Å². The van der Waals surface area contributed by atoms with E-state index >= 15 is 0 Å². The Morgan fingerprint density at radius 1 is 1.10 bits per heavy atom. The number of rotatable bonds is 9. The van der Waals surface area contributed by atoms with Gasteiger partial charge in [-0.25, -0.2) is 4.98 Å². The summed E-state index contributed by atoms with van der Waals surface area (Å²) < 4.78 is 7.58. The Bertz CT molecular complexity index is 1360. The van der Waals surface area contributed by atoms with Crippen molar-refractivity contribution in [3.05, 3.63) is 60.0 Å². The van der Waals surface area contributed by atoms with Gasteiger partial charge in [-0.15, -0.1) is 0 Å². The molecule has 2 aliphatic rings. The first-order chi connectivity index (χ1) is 19.4. The van der Waals surface area contributed by atoms with E-state index < -0.39 is 6.04 Å². The third-order valence-electron chi connectivity index (χ3n) is 8.46. The maximum Gasteiger partial charge on any atom is 0.246 e. The fourth-order valence-corrected chi connectivity index (χ4v) is 5.94. The Balaban J connectivity index is 1.42. The fourth-order valence-electron chi connectivity index (χ4n) is 5.94. The molecule has 2 saturated heterocycles. The highest BCUT2D eigenvalue weighted by molar-refractivity contribution is 5.89. The summed E-state index contributed by atoms with van der Waals surface area (Å²) in [5.74, 6) is -0.00635. The average Bonchev–Trinajstić information content (AvgIpc) is 3.63. The van der Waals surface area contributed by atoms with Crippen LogP contribution in [-0.2, 0) is 25.5 Å². The number of hydrogen-bond donors (Lipinski definition) is 1. The highest BCUT2D eigenvalue weighted by Gasteiger charge is 2.40. The lowest BCUT2D eigenvalue weighted by Crippen LogP contribution is -2.54. The van der Waals surface area contributed by atoms with Crippen LogP contribution in [0.2, 0.25) is 0 Å². The SMILES string of the molecule is CC[C@@H](C)C(=O)N[C@H](C(=O)N1CCC[C@H]1c1cn2cccc(-c3ccc(CC(C)=O)cc3)c2n1)C1CCOCC1. The molecule has 1 N–H and O–H groups in total. The molecule has 0 aliphatic carbocycles.